The van der Waals surface area contributed by atoms with E-state index >= 15 is 0 Å². The Labute approximate surface area is 158 Å². The van der Waals surface area contributed by atoms with Crippen LogP contribution in [-0.2, 0) is 6.42 Å². The molecule has 2 aromatic carbocycles. The number of hydrogen-bond donors (Lipinski definition) is 1. The van der Waals surface area contributed by atoms with Gasteiger partial charge in [0.1, 0.15) is 0 Å². The molecule has 1 aliphatic rings. The zero-order valence-electron chi connectivity index (χ0n) is 16.1. The first-order valence-corrected chi connectivity index (χ1v) is 9.75. The highest BCUT2D eigenvalue weighted by molar-refractivity contribution is 5.55. The first-order valence-electron chi connectivity index (χ1n) is 9.75. The lowest BCUT2D eigenvalue weighted by Crippen LogP contribution is -2.47. The van der Waals surface area contributed by atoms with E-state index in [9.17, 15) is 5.11 Å². The Hall–Kier alpha value is -1.90. The Morgan fingerprint density at radius 3 is 2.35 bits per heavy atom. The number of benzene rings is 2. The van der Waals surface area contributed by atoms with Gasteiger partial charge in [-0.3, -0.25) is 0 Å². The summed E-state index contributed by atoms with van der Waals surface area (Å²) >= 11 is 0. The molecule has 0 amide bonds. The zero-order chi connectivity index (χ0) is 18.4. The fourth-order valence-electron chi connectivity index (χ4n) is 4.23. The standard InChI is InChI=1S/C24H31NO/c1-25(2)19-23-15-9-14-22(18-21-12-7-4-8-13-21)24(23,26)17-16-20-10-5-3-6-11-20/h3-8,10-13,18,23,26H,9,14-17,19H2,1-2H3. The molecule has 0 radical (unpaired) electrons. The number of nitrogens with zero attached hydrogens (tertiary/aromatic N) is 1. The molecule has 0 aliphatic heterocycles. The van der Waals surface area contributed by atoms with E-state index in [2.05, 4.69) is 79.7 Å². The van der Waals surface area contributed by atoms with Crippen molar-refractivity contribution in [2.24, 2.45) is 5.92 Å². The van der Waals surface area contributed by atoms with Gasteiger partial charge in [0.05, 0.1) is 5.60 Å². The summed E-state index contributed by atoms with van der Waals surface area (Å²) in [5, 5.41) is 11.9. The summed E-state index contributed by atoms with van der Waals surface area (Å²) in [5.74, 6) is 0.282. The summed E-state index contributed by atoms with van der Waals surface area (Å²) in [4.78, 5) is 2.21. The average Bonchev–Trinajstić information content (AvgIpc) is 2.65. The molecule has 138 valence electrons. The molecule has 0 heterocycles. The van der Waals surface area contributed by atoms with Crippen LogP contribution >= 0.6 is 0 Å². The maximum Gasteiger partial charge on any atom is 0.0903 e. The SMILES string of the molecule is CN(C)CC1CCCC(=Cc2ccccc2)C1(O)CCc1ccccc1. The summed E-state index contributed by atoms with van der Waals surface area (Å²) in [6, 6.07) is 21.0. The molecule has 1 saturated carbocycles. The second-order valence-corrected chi connectivity index (χ2v) is 7.84. The summed E-state index contributed by atoms with van der Waals surface area (Å²) in [6.07, 6.45) is 7.17. The van der Waals surface area contributed by atoms with Gasteiger partial charge in [-0.25, -0.2) is 0 Å². The van der Waals surface area contributed by atoms with Gasteiger partial charge in [-0.05, 0) is 62.9 Å². The summed E-state index contributed by atoms with van der Waals surface area (Å²) in [5.41, 5.74) is 2.96. The van der Waals surface area contributed by atoms with Gasteiger partial charge >= 0.3 is 0 Å². The molecule has 0 saturated heterocycles. The van der Waals surface area contributed by atoms with Crippen molar-refractivity contribution in [1.29, 1.82) is 0 Å². The number of hydrogen-bond acceptors (Lipinski definition) is 2. The van der Waals surface area contributed by atoms with Crippen LogP contribution < -0.4 is 0 Å². The zero-order valence-corrected chi connectivity index (χ0v) is 16.1. The van der Waals surface area contributed by atoms with Crippen LogP contribution in [0.5, 0.6) is 0 Å². The van der Waals surface area contributed by atoms with Crippen LogP contribution in [0.15, 0.2) is 66.2 Å². The molecule has 26 heavy (non-hydrogen) atoms. The van der Waals surface area contributed by atoms with E-state index in [0.717, 1.165) is 38.6 Å². The van der Waals surface area contributed by atoms with Crippen molar-refractivity contribution < 1.29 is 5.11 Å². The first-order chi connectivity index (χ1) is 12.6. The van der Waals surface area contributed by atoms with Crippen LogP contribution in [0, 0.1) is 5.92 Å². The largest absolute Gasteiger partial charge is 0.385 e. The lowest BCUT2D eigenvalue weighted by atomic mass is 9.68. The third-order valence-corrected chi connectivity index (χ3v) is 5.59. The van der Waals surface area contributed by atoms with Gasteiger partial charge in [-0.15, -0.1) is 0 Å². The number of aliphatic hydroxyl groups is 1. The molecule has 1 N–H and O–H groups in total. The summed E-state index contributed by atoms with van der Waals surface area (Å²) in [6.45, 7) is 0.928. The topological polar surface area (TPSA) is 23.5 Å². The van der Waals surface area contributed by atoms with Crippen LogP contribution in [0.4, 0.5) is 0 Å². The normalized spacial score (nSPS) is 24.9. The molecule has 2 atom stereocenters. The molecule has 2 aromatic rings. The fourth-order valence-corrected chi connectivity index (χ4v) is 4.23. The molecule has 2 heteroatoms. The van der Waals surface area contributed by atoms with Crippen molar-refractivity contribution in [2.45, 2.75) is 37.7 Å². The predicted octanol–water partition coefficient (Wildman–Crippen LogP) is 4.80. The van der Waals surface area contributed by atoms with Crippen molar-refractivity contribution in [2.75, 3.05) is 20.6 Å². The van der Waals surface area contributed by atoms with Crippen LogP contribution in [0.2, 0.25) is 0 Å². The van der Waals surface area contributed by atoms with E-state index in [-0.39, 0.29) is 5.92 Å². The van der Waals surface area contributed by atoms with Gasteiger partial charge in [0.25, 0.3) is 0 Å². The van der Waals surface area contributed by atoms with Gasteiger partial charge in [-0.2, -0.15) is 0 Å². The molecule has 0 spiro atoms. The Bertz CT molecular complexity index is 708. The maximum absolute atomic E-state index is 11.9. The molecular formula is C24H31NO. The molecule has 2 unspecified atom stereocenters. The highest BCUT2D eigenvalue weighted by Crippen LogP contribution is 2.42. The lowest BCUT2D eigenvalue weighted by molar-refractivity contribution is -0.0192. The van der Waals surface area contributed by atoms with Crippen LogP contribution in [-0.4, -0.2) is 36.2 Å². The lowest BCUT2D eigenvalue weighted by Gasteiger charge is -2.43. The van der Waals surface area contributed by atoms with Crippen molar-refractivity contribution in [3.05, 3.63) is 77.4 Å². The van der Waals surface area contributed by atoms with E-state index in [1.165, 1.54) is 16.7 Å². The Kier molecular flexibility index (Phi) is 6.29. The van der Waals surface area contributed by atoms with Crippen molar-refractivity contribution in [1.82, 2.24) is 4.90 Å². The molecular weight excluding hydrogens is 318 g/mol. The second-order valence-electron chi connectivity index (χ2n) is 7.84. The first kappa shape index (κ1) is 18.9. The monoisotopic (exact) mass is 349 g/mol. The maximum atomic E-state index is 11.9. The fraction of sp³-hybridized carbons (Fsp3) is 0.417. The van der Waals surface area contributed by atoms with E-state index < -0.39 is 5.60 Å². The van der Waals surface area contributed by atoms with E-state index in [1.807, 2.05) is 6.07 Å². The van der Waals surface area contributed by atoms with Crippen LogP contribution in [0.3, 0.4) is 0 Å². The second kappa shape index (κ2) is 8.66. The minimum absolute atomic E-state index is 0.282. The van der Waals surface area contributed by atoms with Crippen molar-refractivity contribution in [3.8, 4) is 0 Å². The van der Waals surface area contributed by atoms with E-state index in [0.29, 0.717) is 0 Å². The minimum atomic E-state index is -0.728. The average molecular weight is 350 g/mol. The number of rotatable bonds is 6. The molecule has 1 fully saturated rings. The van der Waals surface area contributed by atoms with Crippen LogP contribution in [0.1, 0.15) is 36.8 Å². The highest BCUT2D eigenvalue weighted by atomic mass is 16.3. The van der Waals surface area contributed by atoms with Crippen LogP contribution in [0.25, 0.3) is 6.08 Å². The Balaban J connectivity index is 1.88. The van der Waals surface area contributed by atoms with Crippen molar-refractivity contribution in [3.63, 3.8) is 0 Å². The Morgan fingerprint density at radius 1 is 1.04 bits per heavy atom. The van der Waals surface area contributed by atoms with Gasteiger partial charge in [0, 0.05) is 12.5 Å². The Morgan fingerprint density at radius 2 is 1.69 bits per heavy atom. The predicted molar refractivity (Wildman–Crippen MR) is 110 cm³/mol. The minimum Gasteiger partial charge on any atom is -0.385 e. The highest BCUT2D eigenvalue weighted by Gasteiger charge is 2.42. The van der Waals surface area contributed by atoms with Gasteiger partial charge in [0.2, 0.25) is 0 Å². The molecule has 2 nitrogen and oxygen atoms in total. The third kappa shape index (κ3) is 4.63. The van der Waals surface area contributed by atoms with Gasteiger partial charge in [0.15, 0.2) is 0 Å². The third-order valence-electron chi connectivity index (χ3n) is 5.59. The van der Waals surface area contributed by atoms with Gasteiger partial charge in [-0.1, -0.05) is 66.7 Å². The van der Waals surface area contributed by atoms with E-state index in [1.54, 1.807) is 0 Å². The van der Waals surface area contributed by atoms with Crippen molar-refractivity contribution >= 4 is 6.08 Å². The quantitative estimate of drug-likeness (QED) is 0.810. The number of aryl methyl sites for hydroxylation is 1. The molecule has 1 aliphatic carbocycles. The smallest absolute Gasteiger partial charge is 0.0903 e. The van der Waals surface area contributed by atoms with Gasteiger partial charge < -0.3 is 10.0 Å². The molecule has 3 rings (SSSR count). The molecule has 0 aromatic heterocycles. The summed E-state index contributed by atoms with van der Waals surface area (Å²) < 4.78 is 0. The summed E-state index contributed by atoms with van der Waals surface area (Å²) in [7, 11) is 4.21. The van der Waals surface area contributed by atoms with E-state index in [4.69, 9.17) is 0 Å². The molecule has 0 bridgehead atoms.